The van der Waals surface area contributed by atoms with Crippen molar-refractivity contribution in [2.75, 3.05) is 5.73 Å². The Morgan fingerprint density at radius 2 is 1.65 bits per heavy atom. The van der Waals surface area contributed by atoms with Crippen LogP contribution in [0, 0.1) is 5.82 Å². The van der Waals surface area contributed by atoms with Crippen molar-refractivity contribution in [1.82, 2.24) is 10.2 Å². The molecule has 0 amide bonds. The fourth-order valence-electron chi connectivity index (χ4n) is 2.15. The van der Waals surface area contributed by atoms with Gasteiger partial charge >= 0.3 is 0 Å². The van der Waals surface area contributed by atoms with Crippen LogP contribution >= 0.6 is 15.9 Å². The molecule has 0 spiro atoms. The summed E-state index contributed by atoms with van der Waals surface area (Å²) in [4.78, 5) is 0. The third-order valence-electron chi connectivity index (χ3n) is 3.08. The van der Waals surface area contributed by atoms with Crippen molar-refractivity contribution in [3.8, 4) is 22.4 Å². The molecule has 1 aromatic heterocycles. The monoisotopic (exact) mass is 331 g/mol. The van der Waals surface area contributed by atoms with E-state index >= 15 is 0 Å². The van der Waals surface area contributed by atoms with Gasteiger partial charge < -0.3 is 5.73 Å². The van der Waals surface area contributed by atoms with Crippen LogP contribution in [0.15, 0.2) is 53.0 Å². The Balaban J connectivity index is 2.26. The third-order valence-corrected chi connectivity index (χ3v) is 3.77. The first-order chi connectivity index (χ1) is 9.68. The van der Waals surface area contributed by atoms with Gasteiger partial charge in [0.2, 0.25) is 0 Å². The SMILES string of the molecule is Nc1n[nH]c(-c2ccccc2Br)c1-c1ccccc1F. The van der Waals surface area contributed by atoms with Crippen LogP contribution in [0.2, 0.25) is 0 Å². The molecule has 3 nitrogen and oxygen atoms in total. The lowest BCUT2D eigenvalue weighted by Crippen LogP contribution is -1.91. The average molecular weight is 332 g/mol. The number of anilines is 1. The molecule has 0 atom stereocenters. The topological polar surface area (TPSA) is 54.7 Å². The van der Waals surface area contributed by atoms with Gasteiger partial charge in [-0.05, 0) is 12.1 Å². The summed E-state index contributed by atoms with van der Waals surface area (Å²) >= 11 is 3.49. The molecular formula is C15H11BrFN3. The number of aromatic amines is 1. The minimum absolute atomic E-state index is 0.279. The zero-order valence-electron chi connectivity index (χ0n) is 10.4. The molecule has 0 saturated carbocycles. The Hall–Kier alpha value is -2.14. The molecule has 3 rings (SSSR count). The molecule has 0 fully saturated rings. The molecule has 100 valence electrons. The van der Waals surface area contributed by atoms with Crippen molar-refractivity contribution in [3.05, 3.63) is 58.8 Å². The predicted molar refractivity (Wildman–Crippen MR) is 81.5 cm³/mol. The fourth-order valence-corrected chi connectivity index (χ4v) is 2.63. The molecule has 0 bridgehead atoms. The van der Waals surface area contributed by atoms with Crippen LogP contribution in [-0.2, 0) is 0 Å². The van der Waals surface area contributed by atoms with Crippen molar-refractivity contribution in [2.24, 2.45) is 0 Å². The van der Waals surface area contributed by atoms with Gasteiger partial charge in [-0.15, -0.1) is 0 Å². The summed E-state index contributed by atoms with van der Waals surface area (Å²) in [6.45, 7) is 0. The van der Waals surface area contributed by atoms with Crippen LogP contribution in [0.3, 0.4) is 0 Å². The summed E-state index contributed by atoms with van der Waals surface area (Å²) in [5.74, 6) is -0.0465. The summed E-state index contributed by atoms with van der Waals surface area (Å²) in [7, 11) is 0. The van der Waals surface area contributed by atoms with Gasteiger partial charge in [0.15, 0.2) is 5.82 Å². The number of halogens is 2. The van der Waals surface area contributed by atoms with Gasteiger partial charge in [0.1, 0.15) is 5.82 Å². The quantitative estimate of drug-likeness (QED) is 0.738. The van der Waals surface area contributed by atoms with E-state index in [2.05, 4.69) is 26.1 Å². The van der Waals surface area contributed by atoms with E-state index in [-0.39, 0.29) is 11.6 Å². The highest BCUT2D eigenvalue weighted by Crippen LogP contribution is 2.38. The second-order valence-corrected chi connectivity index (χ2v) is 5.17. The molecule has 5 heteroatoms. The Bertz CT molecular complexity index is 767. The second kappa shape index (κ2) is 5.09. The minimum Gasteiger partial charge on any atom is -0.382 e. The van der Waals surface area contributed by atoms with Crippen LogP contribution in [0.25, 0.3) is 22.4 Å². The maximum Gasteiger partial charge on any atom is 0.153 e. The Kier molecular flexibility index (Phi) is 3.28. The van der Waals surface area contributed by atoms with Crippen molar-refractivity contribution in [1.29, 1.82) is 0 Å². The number of nitrogens with zero attached hydrogens (tertiary/aromatic N) is 1. The number of nitrogens with one attached hydrogen (secondary N) is 1. The second-order valence-electron chi connectivity index (χ2n) is 4.32. The van der Waals surface area contributed by atoms with Crippen molar-refractivity contribution in [2.45, 2.75) is 0 Å². The normalized spacial score (nSPS) is 10.7. The summed E-state index contributed by atoms with van der Waals surface area (Å²) in [6.07, 6.45) is 0. The summed E-state index contributed by atoms with van der Waals surface area (Å²) < 4.78 is 14.9. The van der Waals surface area contributed by atoms with Gasteiger partial charge in [-0.25, -0.2) is 4.39 Å². The van der Waals surface area contributed by atoms with Crippen molar-refractivity contribution < 1.29 is 4.39 Å². The molecule has 0 unspecified atom stereocenters. The molecule has 0 saturated heterocycles. The van der Waals surface area contributed by atoms with E-state index in [1.165, 1.54) is 6.07 Å². The Labute approximate surface area is 123 Å². The number of benzene rings is 2. The highest BCUT2D eigenvalue weighted by Gasteiger charge is 2.18. The van der Waals surface area contributed by atoms with Gasteiger partial charge in [-0.1, -0.05) is 52.3 Å². The largest absolute Gasteiger partial charge is 0.382 e. The Morgan fingerprint density at radius 3 is 2.35 bits per heavy atom. The number of nitrogen functional groups attached to an aromatic ring is 1. The highest BCUT2D eigenvalue weighted by atomic mass is 79.9. The standard InChI is InChI=1S/C15H11BrFN3/c16-11-7-3-1-5-9(11)14-13(15(18)20-19-14)10-6-2-4-8-12(10)17/h1-8H,(H3,18,19,20). The molecule has 1 heterocycles. The van der Waals surface area contributed by atoms with Crippen molar-refractivity contribution >= 4 is 21.7 Å². The molecule has 0 aliphatic carbocycles. The number of nitrogens with two attached hydrogens (primary N) is 1. The van der Waals surface area contributed by atoms with E-state index in [9.17, 15) is 4.39 Å². The number of H-pyrrole nitrogens is 1. The smallest absolute Gasteiger partial charge is 0.153 e. The number of hydrogen-bond donors (Lipinski definition) is 2. The molecule has 0 aliphatic heterocycles. The van der Waals surface area contributed by atoms with Gasteiger partial charge in [0.25, 0.3) is 0 Å². The maximum absolute atomic E-state index is 14.0. The molecular weight excluding hydrogens is 321 g/mol. The third kappa shape index (κ3) is 2.10. The zero-order valence-corrected chi connectivity index (χ0v) is 12.0. The van der Waals surface area contributed by atoms with E-state index in [0.717, 1.165) is 10.0 Å². The van der Waals surface area contributed by atoms with E-state index < -0.39 is 0 Å². The summed E-state index contributed by atoms with van der Waals surface area (Å²) in [5.41, 5.74) is 8.50. The highest BCUT2D eigenvalue weighted by molar-refractivity contribution is 9.10. The van der Waals surface area contributed by atoms with Gasteiger partial charge in [0, 0.05) is 15.6 Å². The van der Waals surface area contributed by atoms with Gasteiger partial charge in [-0.3, -0.25) is 5.10 Å². The maximum atomic E-state index is 14.0. The van der Waals surface area contributed by atoms with Crippen LogP contribution in [0.5, 0.6) is 0 Å². The first-order valence-electron chi connectivity index (χ1n) is 6.02. The van der Waals surface area contributed by atoms with Gasteiger partial charge in [-0.2, -0.15) is 5.10 Å². The molecule has 0 radical (unpaired) electrons. The minimum atomic E-state index is -0.325. The Morgan fingerprint density at radius 1 is 1.00 bits per heavy atom. The molecule has 3 N–H and O–H groups in total. The van der Waals surface area contributed by atoms with Crippen LogP contribution < -0.4 is 5.73 Å². The summed E-state index contributed by atoms with van der Waals surface area (Å²) in [6, 6.07) is 14.2. The van der Waals surface area contributed by atoms with Crippen LogP contribution in [0.1, 0.15) is 0 Å². The first kappa shape index (κ1) is 12.9. The lowest BCUT2D eigenvalue weighted by molar-refractivity contribution is 0.631. The number of rotatable bonds is 2. The van der Waals surface area contributed by atoms with Gasteiger partial charge in [0.05, 0.1) is 11.3 Å². The lowest BCUT2D eigenvalue weighted by atomic mass is 10.0. The average Bonchev–Trinajstić information content (AvgIpc) is 2.82. The molecule has 3 aromatic rings. The van der Waals surface area contributed by atoms with E-state index in [1.807, 2.05) is 24.3 Å². The fraction of sp³-hybridized carbons (Fsp3) is 0. The lowest BCUT2D eigenvalue weighted by Gasteiger charge is -2.07. The van der Waals surface area contributed by atoms with E-state index in [1.54, 1.807) is 18.2 Å². The van der Waals surface area contributed by atoms with Crippen molar-refractivity contribution in [3.63, 3.8) is 0 Å². The molecule has 20 heavy (non-hydrogen) atoms. The molecule has 2 aromatic carbocycles. The zero-order chi connectivity index (χ0) is 14.1. The van der Waals surface area contributed by atoms with Crippen LogP contribution in [-0.4, -0.2) is 10.2 Å². The van der Waals surface area contributed by atoms with Crippen LogP contribution in [0.4, 0.5) is 10.2 Å². The van der Waals surface area contributed by atoms with E-state index in [4.69, 9.17) is 5.73 Å². The predicted octanol–water partition coefficient (Wildman–Crippen LogP) is 4.23. The summed E-state index contributed by atoms with van der Waals surface area (Å²) in [5, 5.41) is 6.90. The molecule has 0 aliphatic rings. The number of aromatic nitrogens is 2. The number of hydrogen-bond acceptors (Lipinski definition) is 2. The first-order valence-corrected chi connectivity index (χ1v) is 6.81. The van der Waals surface area contributed by atoms with E-state index in [0.29, 0.717) is 16.8 Å².